The highest BCUT2D eigenvalue weighted by Gasteiger charge is 2.16. The van der Waals surface area contributed by atoms with Gasteiger partial charge in [0.25, 0.3) is 0 Å². The maximum absolute atomic E-state index is 5.71. The fraction of sp³-hybridized carbons (Fsp3) is 0.333. The Hall–Kier alpha value is -2.86. The second-order valence-corrected chi connectivity index (χ2v) is 6.51. The van der Waals surface area contributed by atoms with Gasteiger partial charge in [0.15, 0.2) is 0 Å². The molecule has 1 atom stereocenters. The molecule has 1 aliphatic rings. The summed E-state index contributed by atoms with van der Waals surface area (Å²) in [6.45, 7) is 4.23. The first-order valence-electron chi connectivity index (χ1n) is 9.44. The zero-order valence-corrected chi connectivity index (χ0v) is 15.4. The molecule has 1 fully saturated rings. The number of hydrogen-bond donors (Lipinski definition) is 2. The van der Waals surface area contributed by atoms with E-state index in [2.05, 4.69) is 15.6 Å². The van der Waals surface area contributed by atoms with Crippen molar-refractivity contribution in [2.24, 2.45) is 0 Å². The van der Waals surface area contributed by atoms with Crippen molar-refractivity contribution in [1.29, 1.82) is 0 Å². The van der Waals surface area contributed by atoms with Crippen LogP contribution in [-0.4, -0.2) is 35.8 Å². The average molecular weight is 364 g/mol. The number of anilines is 3. The Morgan fingerprint density at radius 3 is 2.74 bits per heavy atom. The zero-order valence-electron chi connectivity index (χ0n) is 15.4. The number of aromatic nitrogens is 2. The molecule has 0 bridgehead atoms. The van der Waals surface area contributed by atoms with Gasteiger partial charge in [0, 0.05) is 24.2 Å². The van der Waals surface area contributed by atoms with Gasteiger partial charge in [-0.2, -0.15) is 4.98 Å². The number of rotatable bonds is 7. The second kappa shape index (κ2) is 8.22. The highest BCUT2D eigenvalue weighted by atomic mass is 16.5. The lowest BCUT2D eigenvalue weighted by atomic mass is 10.2. The molecule has 4 rings (SSSR count). The summed E-state index contributed by atoms with van der Waals surface area (Å²) < 4.78 is 11.2. The van der Waals surface area contributed by atoms with Crippen LogP contribution in [0.1, 0.15) is 19.8 Å². The van der Waals surface area contributed by atoms with Gasteiger partial charge in [-0.05, 0) is 56.2 Å². The molecule has 0 saturated carbocycles. The third-order valence-electron chi connectivity index (χ3n) is 4.55. The van der Waals surface area contributed by atoms with E-state index in [1.165, 1.54) is 0 Å². The van der Waals surface area contributed by atoms with E-state index in [1.54, 1.807) is 0 Å². The van der Waals surface area contributed by atoms with Crippen LogP contribution >= 0.6 is 0 Å². The number of nitrogens with one attached hydrogen (secondary N) is 2. The predicted molar refractivity (Wildman–Crippen MR) is 108 cm³/mol. The summed E-state index contributed by atoms with van der Waals surface area (Å²) in [7, 11) is 0. The summed E-state index contributed by atoms with van der Waals surface area (Å²) in [5, 5.41) is 7.74. The van der Waals surface area contributed by atoms with E-state index in [0.717, 1.165) is 54.2 Å². The lowest BCUT2D eigenvalue weighted by molar-refractivity contribution is 0.120. The lowest BCUT2D eigenvalue weighted by Crippen LogP contribution is -2.19. The molecule has 2 aromatic carbocycles. The summed E-state index contributed by atoms with van der Waals surface area (Å²) in [5.74, 6) is 2.23. The zero-order chi connectivity index (χ0) is 18.5. The van der Waals surface area contributed by atoms with Crippen molar-refractivity contribution >= 4 is 28.4 Å². The minimum Gasteiger partial charge on any atom is -0.494 e. The minimum absolute atomic E-state index is 0.251. The lowest BCUT2D eigenvalue weighted by Gasteiger charge is -2.14. The van der Waals surface area contributed by atoms with E-state index < -0.39 is 0 Å². The molecule has 6 nitrogen and oxygen atoms in total. The third-order valence-corrected chi connectivity index (χ3v) is 4.55. The van der Waals surface area contributed by atoms with E-state index >= 15 is 0 Å². The van der Waals surface area contributed by atoms with Crippen molar-refractivity contribution < 1.29 is 9.47 Å². The molecule has 0 amide bonds. The molecule has 0 unspecified atom stereocenters. The van der Waals surface area contributed by atoms with Crippen LogP contribution in [-0.2, 0) is 4.74 Å². The molecule has 3 aromatic rings. The molecule has 1 aromatic heterocycles. The van der Waals surface area contributed by atoms with Gasteiger partial charge in [-0.3, -0.25) is 0 Å². The summed E-state index contributed by atoms with van der Waals surface area (Å²) in [4.78, 5) is 9.34. The van der Waals surface area contributed by atoms with E-state index in [-0.39, 0.29) is 6.10 Å². The van der Waals surface area contributed by atoms with Crippen LogP contribution in [0.25, 0.3) is 10.9 Å². The van der Waals surface area contributed by atoms with Crippen LogP contribution in [0.3, 0.4) is 0 Å². The van der Waals surface area contributed by atoms with Gasteiger partial charge >= 0.3 is 0 Å². The first kappa shape index (κ1) is 17.5. The molecule has 27 heavy (non-hydrogen) atoms. The largest absolute Gasteiger partial charge is 0.494 e. The molecule has 6 heteroatoms. The summed E-state index contributed by atoms with van der Waals surface area (Å²) in [6.07, 6.45) is 2.47. The first-order valence-corrected chi connectivity index (χ1v) is 9.44. The van der Waals surface area contributed by atoms with E-state index in [4.69, 9.17) is 14.5 Å². The van der Waals surface area contributed by atoms with Gasteiger partial charge in [0.2, 0.25) is 5.95 Å². The van der Waals surface area contributed by atoms with Gasteiger partial charge in [-0.15, -0.1) is 0 Å². The Morgan fingerprint density at radius 1 is 1.11 bits per heavy atom. The first-order chi connectivity index (χ1) is 13.3. The standard InChI is InChI=1S/C21H24N4O2/c1-2-26-16-11-9-15(10-12-16)23-21-24-19-8-4-3-7-18(19)20(25-21)22-14-17-6-5-13-27-17/h3-4,7-12,17H,2,5-6,13-14H2,1H3,(H2,22,23,24,25)/t17-/m1/s1. The molecular weight excluding hydrogens is 340 g/mol. The summed E-state index contributed by atoms with van der Waals surface area (Å²) in [6, 6.07) is 15.8. The highest BCUT2D eigenvalue weighted by molar-refractivity contribution is 5.90. The SMILES string of the molecule is CCOc1ccc(Nc2nc(NC[C@H]3CCCO3)c3ccccc3n2)cc1. The fourth-order valence-electron chi connectivity index (χ4n) is 3.21. The number of nitrogens with zero attached hydrogens (tertiary/aromatic N) is 2. The predicted octanol–water partition coefficient (Wildman–Crippen LogP) is 4.36. The van der Waals surface area contributed by atoms with E-state index in [9.17, 15) is 0 Å². The van der Waals surface area contributed by atoms with E-state index in [1.807, 2.05) is 55.5 Å². The third kappa shape index (κ3) is 4.28. The number of benzene rings is 2. The topological polar surface area (TPSA) is 68.3 Å². The molecule has 0 aliphatic carbocycles. The van der Waals surface area contributed by atoms with Crippen molar-refractivity contribution in [2.75, 3.05) is 30.4 Å². The Labute approximate surface area is 158 Å². The molecule has 1 aliphatic heterocycles. The quantitative estimate of drug-likeness (QED) is 0.649. The van der Waals surface area contributed by atoms with E-state index in [0.29, 0.717) is 12.6 Å². The maximum atomic E-state index is 5.71. The molecule has 2 N–H and O–H groups in total. The molecule has 0 radical (unpaired) electrons. The Balaban J connectivity index is 1.56. The van der Waals surface area contributed by atoms with Crippen molar-refractivity contribution in [3.05, 3.63) is 48.5 Å². The van der Waals surface area contributed by atoms with Crippen molar-refractivity contribution in [1.82, 2.24) is 9.97 Å². The number of ether oxygens (including phenoxy) is 2. The van der Waals surface area contributed by atoms with Gasteiger partial charge in [0.05, 0.1) is 18.2 Å². The monoisotopic (exact) mass is 364 g/mol. The second-order valence-electron chi connectivity index (χ2n) is 6.51. The van der Waals surface area contributed by atoms with Crippen LogP contribution in [0.2, 0.25) is 0 Å². The molecular formula is C21H24N4O2. The maximum Gasteiger partial charge on any atom is 0.229 e. The summed E-state index contributed by atoms with van der Waals surface area (Å²) >= 11 is 0. The highest BCUT2D eigenvalue weighted by Crippen LogP contribution is 2.25. The number of fused-ring (bicyclic) bond motifs is 1. The fourth-order valence-corrected chi connectivity index (χ4v) is 3.21. The Morgan fingerprint density at radius 2 is 1.96 bits per heavy atom. The van der Waals surface area contributed by atoms with Gasteiger partial charge in [0.1, 0.15) is 11.6 Å². The Kier molecular flexibility index (Phi) is 5.34. The van der Waals surface area contributed by atoms with Crippen LogP contribution in [0.5, 0.6) is 5.75 Å². The van der Waals surface area contributed by atoms with Crippen LogP contribution in [0.15, 0.2) is 48.5 Å². The normalized spacial score (nSPS) is 16.4. The summed E-state index contributed by atoms with van der Waals surface area (Å²) in [5.41, 5.74) is 1.81. The number of para-hydroxylation sites is 1. The van der Waals surface area contributed by atoms with Gasteiger partial charge in [-0.25, -0.2) is 4.98 Å². The smallest absolute Gasteiger partial charge is 0.229 e. The van der Waals surface area contributed by atoms with Crippen LogP contribution in [0.4, 0.5) is 17.5 Å². The minimum atomic E-state index is 0.251. The average Bonchev–Trinajstić information content (AvgIpc) is 3.21. The number of hydrogen-bond acceptors (Lipinski definition) is 6. The van der Waals surface area contributed by atoms with Gasteiger partial charge < -0.3 is 20.1 Å². The van der Waals surface area contributed by atoms with Gasteiger partial charge in [-0.1, -0.05) is 12.1 Å². The molecule has 1 saturated heterocycles. The Bertz CT molecular complexity index is 892. The van der Waals surface area contributed by atoms with Crippen LogP contribution in [0, 0.1) is 0 Å². The van der Waals surface area contributed by atoms with Crippen molar-refractivity contribution in [3.63, 3.8) is 0 Å². The van der Waals surface area contributed by atoms with Crippen molar-refractivity contribution in [2.45, 2.75) is 25.9 Å². The molecule has 2 heterocycles. The van der Waals surface area contributed by atoms with Crippen molar-refractivity contribution in [3.8, 4) is 5.75 Å². The molecule has 140 valence electrons. The van der Waals surface area contributed by atoms with Crippen LogP contribution < -0.4 is 15.4 Å². The molecule has 0 spiro atoms.